The number of benzene rings is 5. The van der Waals surface area contributed by atoms with Gasteiger partial charge >= 0.3 is 0 Å². The number of anilines is 1. The van der Waals surface area contributed by atoms with Gasteiger partial charge in [0.15, 0.2) is 0 Å². The van der Waals surface area contributed by atoms with Crippen molar-refractivity contribution in [2.45, 2.75) is 8.65 Å². The first-order chi connectivity index (χ1) is 19.4. The minimum absolute atomic E-state index is 0.206. The fourth-order valence-corrected chi connectivity index (χ4v) is 9.26. The van der Waals surface area contributed by atoms with Crippen LogP contribution in [0.1, 0.15) is 22.3 Å². The molecule has 0 aromatic heterocycles. The number of carbonyl (C=O) groups is 2. The minimum Gasteiger partial charge on any atom is -0.457 e. The lowest BCUT2D eigenvalue weighted by Gasteiger charge is -2.55. The summed E-state index contributed by atoms with van der Waals surface area (Å²) in [6.45, 7) is 0. The third-order valence-corrected chi connectivity index (χ3v) is 11.3. The Bertz CT molecular complexity index is 1760. The molecule has 5 aromatic rings. The van der Waals surface area contributed by atoms with Crippen LogP contribution in [0.3, 0.4) is 0 Å². The standard InChI is InChI=1S/C34H21Br2NO3/c35-33-25-9-3-4-10-26(25)34(36,28-12-6-5-11-27(28)33)30-29(33)31(38)37(32(30)39)22-14-17-23(18-15-22)40-24-16-13-20-7-1-2-8-21(20)19-24/h1-19,29-30H/t29-,30+,33?,34?. The highest BCUT2D eigenvalue weighted by molar-refractivity contribution is 9.10. The van der Waals surface area contributed by atoms with E-state index >= 15 is 0 Å². The van der Waals surface area contributed by atoms with Crippen molar-refractivity contribution in [3.8, 4) is 11.5 Å². The molecule has 2 atom stereocenters. The lowest BCUT2D eigenvalue weighted by molar-refractivity contribution is -0.122. The Labute approximate surface area is 247 Å². The van der Waals surface area contributed by atoms with Gasteiger partial charge in [0.05, 0.1) is 26.2 Å². The van der Waals surface area contributed by atoms with Gasteiger partial charge in [0, 0.05) is 0 Å². The zero-order valence-corrected chi connectivity index (χ0v) is 24.2. The molecule has 40 heavy (non-hydrogen) atoms. The van der Waals surface area contributed by atoms with Crippen molar-refractivity contribution in [2.24, 2.45) is 11.8 Å². The number of hydrogen-bond donors (Lipinski definition) is 0. The molecule has 1 saturated heterocycles. The minimum atomic E-state index is -0.805. The van der Waals surface area contributed by atoms with Crippen LogP contribution in [0.25, 0.3) is 10.8 Å². The molecule has 2 bridgehead atoms. The van der Waals surface area contributed by atoms with E-state index in [1.165, 1.54) is 4.90 Å². The van der Waals surface area contributed by atoms with Crippen LogP contribution in [0, 0.1) is 11.8 Å². The number of imide groups is 1. The largest absolute Gasteiger partial charge is 0.457 e. The average Bonchev–Trinajstić information content (AvgIpc) is 3.27. The number of halogens is 2. The topological polar surface area (TPSA) is 46.6 Å². The van der Waals surface area contributed by atoms with Crippen LogP contribution in [-0.2, 0) is 18.2 Å². The average molecular weight is 651 g/mol. The van der Waals surface area contributed by atoms with E-state index in [0.717, 1.165) is 38.8 Å². The van der Waals surface area contributed by atoms with Crippen molar-refractivity contribution in [1.82, 2.24) is 0 Å². The van der Waals surface area contributed by atoms with Gasteiger partial charge in [-0.25, -0.2) is 4.90 Å². The van der Waals surface area contributed by atoms with Gasteiger partial charge in [-0.3, -0.25) is 9.59 Å². The number of hydrogen-bond acceptors (Lipinski definition) is 3. The van der Waals surface area contributed by atoms with Gasteiger partial charge in [0.25, 0.3) is 0 Å². The molecule has 1 fully saturated rings. The molecule has 0 N–H and O–H groups in total. The lowest BCUT2D eigenvalue weighted by Crippen LogP contribution is -2.56. The maximum absolute atomic E-state index is 14.2. The molecule has 0 unspecified atom stereocenters. The molecule has 6 heteroatoms. The summed E-state index contributed by atoms with van der Waals surface area (Å²) >= 11 is 8.11. The van der Waals surface area contributed by atoms with E-state index in [1.807, 2.05) is 60.7 Å². The molecule has 9 rings (SSSR count). The van der Waals surface area contributed by atoms with Gasteiger partial charge in [-0.2, -0.15) is 0 Å². The Morgan fingerprint density at radius 1 is 0.550 bits per heavy atom. The van der Waals surface area contributed by atoms with Gasteiger partial charge in [-0.15, -0.1) is 0 Å². The third-order valence-electron chi connectivity index (χ3n) is 8.64. The van der Waals surface area contributed by atoms with Crippen molar-refractivity contribution < 1.29 is 14.3 Å². The SMILES string of the molecule is O=C1[C@@H]2[C@H](C(=O)N1c1ccc(Oc3ccc4ccccc4c3)cc1)C1(Br)c3ccccc3C2(Br)c2ccccc21. The van der Waals surface area contributed by atoms with Crippen LogP contribution in [-0.4, -0.2) is 11.8 Å². The number of ether oxygens (including phenoxy) is 1. The molecule has 1 aliphatic heterocycles. The summed E-state index contributed by atoms with van der Waals surface area (Å²) in [5, 5.41) is 2.24. The van der Waals surface area contributed by atoms with E-state index in [2.05, 4.69) is 62.2 Å². The van der Waals surface area contributed by atoms with Crippen LogP contribution in [0.5, 0.6) is 11.5 Å². The van der Waals surface area contributed by atoms with E-state index < -0.39 is 20.5 Å². The summed E-state index contributed by atoms with van der Waals surface area (Å²) in [6.07, 6.45) is 0. The molecule has 0 saturated carbocycles. The first kappa shape index (κ1) is 24.1. The van der Waals surface area contributed by atoms with Gasteiger partial charge in [-0.05, 0) is 69.4 Å². The second kappa shape index (κ2) is 8.38. The van der Waals surface area contributed by atoms with E-state index in [4.69, 9.17) is 4.74 Å². The number of amides is 2. The van der Waals surface area contributed by atoms with Gasteiger partial charge in [0.2, 0.25) is 11.8 Å². The quantitative estimate of drug-likeness (QED) is 0.147. The van der Waals surface area contributed by atoms with Crippen LogP contribution >= 0.6 is 31.9 Å². The highest BCUT2D eigenvalue weighted by Gasteiger charge is 2.72. The molecule has 3 aliphatic carbocycles. The number of carbonyl (C=O) groups excluding carboxylic acids is 2. The normalized spacial score (nSPS) is 26.0. The van der Waals surface area contributed by atoms with E-state index in [9.17, 15) is 9.59 Å². The van der Waals surface area contributed by atoms with Crippen LogP contribution < -0.4 is 9.64 Å². The van der Waals surface area contributed by atoms with Gasteiger partial charge in [-0.1, -0.05) is 111 Å². The predicted molar refractivity (Wildman–Crippen MR) is 162 cm³/mol. The number of rotatable bonds is 3. The summed E-state index contributed by atoms with van der Waals surface area (Å²) in [5.41, 5.74) is 4.63. The Balaban J connectivity index is 1.18. The van der Waals surface area contributed by atoms with E-state index in [1.54, 1.807) is 24.3 Å². The Morgan fingerprint density at radius 2 is 1.00 bits per heavy atom. The molecule has 0 spiro atoms. The second-order valence-corrected chi connectivity index (χ2v) is 13.1. The predicted octanol–water partition coefficient (Wildman–Crippen LogP) is 8.04. The molecule has 0 radical (unpaired) electrons. The smallest absolute Gasteiger partial charge is 0.239 e. The van der Waals surface area contributed by atoms with Crippen LogP contribution in [0.15, 0.2) is 115 Å². The lowest BCUT2D eigenvalue weighted by atomic mass is 9.54. The number of fused-ring (bicyclic) bond motifs is 1. The fraction of sp³-hybridized carbons (Fsp3) is 0.118. The Hall–Kier alpha value is -3.74. The molecule has 2 amide bonds. The summed E-state index contributed by atoms with van der Waals surface area (Å²) in [7, 11) is 0. The molecule has 194 valence electrons. The van der Waals surface area contributed by atoms with Crippen molar-refractivity contribution in [1.29, 1.82) is 0 Å². The first-order valence-electron chi connectivity index (χ1n) is 13.1. The zero-order valence-electron chi connectivity index (χ0n) is 21.1. The van der Waals surface area contributed by atoms with Gasteiger partial charge in [0.1, 0.15) is 11.5 Å². The second-order valence-electron chi connectivity index (χ2n) is 10.6. The van der Waals surface area contributed by atoms with E-state index in [-0.39, 0.29) is 11.8 Å². The third kappa shape index (κ3) is 3.01. The van der Waals surface area contributed by atoms with Crippen molar-refractivity contribution in [3.63, 3.8) is 0 Å². The molecule has 5 aromatic carbocycles. The molecule has 4 aliphatic rings. The zero-order chi connectivity index (χ0) is 27.2. The highest BCUT2D eigenvalue weighted by atomic mass is 79.9. The summed E-state index contributed by atoms with van der Waals surface area (Å²) in [6, 6.07) is 37.5. The van der Waals surface area contributed by atoms with Crippen molar-refractivity contribution in [3.05, 3.63) is 138 Å². The first-order valence-corrected chi connectivity index (χ1v) is 14.7. The molecule has 1 heterocycles. The van der Waals surface area contributed by atoms with Gasteiger partial charge < -0.3 is 4.74 Å². The molecule has 4 nitrogen and oxygen atoms in total. The summed E-state index contributed by atoms with van der Waals surface area (Å²) in [4.78, 5) is 29.8. The Morgan fingerprint density at radius 3 is 1.52 bits per heavy atom. The summed E-state index contributed by atoms with van der Waals surface area (Å²) < 4.78 is 4.50. The number of alkyl halides is 2. The fourth-order valence-electron chi connectivity index (χ4n) is 6.95. The summed E-state index contributed by atoms with van der Waals surface area (Å²) in [5.74, 6) is -0.258. The number of nitrogens with zero attached hydrogens (tertiary/aromatic N) is 1. The van der Waals surface area contributed by atoms with Crippen LogP contribution in [0.4, 0.5) is 5.69 Å². The highest BCUT2D eigenvalue weighted by Crippen LogP contribution is 2.70. The maximum atomic E-state index is 14.2. The van der Waals surface area contributed by atoms with Crippen molar-refractivity contribution in [2.75, 3.05) is 4.90 Å². The van der Waals surface area contributed by atoms with Crippen LogP contribution in [0.2, 0.25) is 0 Å². The maximum Gasteiger partial charge on any atom is 0.239 e. The van der Waals surface area contributed by atoms with E-state index in [0.29, 0.717) is 11.4 Å². The molecular weight excluding hydrogens is 630 g/mol. The molecular formula is C34H21Br2NO3. The van der Waals surface area contributed by atoms with Crippen molar-refractivity contribution >= 4 is 60.1 Å². The Kier molecular flexibility index (Phi) is 5.05. The monoisotopic (exact) mass is 649 g/mol.